The van der Waals surface area contributed by atoms with Crippen LogP contribution in [0.15, 0.2) is 60.3 Å². The minimum atomic E-state index is -1.03. The van der Waals surface area contributed by atoms with Crippen LogP contribution in [0.25, 0.3) is 0 Å². The molecule has 1 atom stereocenters. The van der Waals surface area contributed by atoms with E-state index in [2.05, 4.69) is 0 Å². The minimum Gasteiger partial charge on any atom is -0.480 e. The third-order valence-corrected chi connectivity index (χ3v) is 2.08. The summed E-state index contributed by atoms with van der Waals surface area (Å²) in [5.41, 5.74) is 6.12. The molecule has 0 aliphatic heterocycles. The number of hydrogen-bond acceptors (Lipinski definition) is 2. The predicted molar refractivity (Wildman–Crippen MR) is 64.9 cm³/mol. The lowest BCUT2D eigenvalue weighted by Gasteiger charge is -2.06. The Morgan fingerprint density at radius 1 is 1.19 bits per heavy atom. The zero-order chi connectivity index (χ0) is 11.8. The number of rotatable bonds is 2. The lowest BCUT2D eigenvalue weighted by molar-refractivity contribution is -0.137. The third-order valence-electron chi connectivity index (χ3n) is 2.08. The molecule has 0 fully saturated rings. The van der Waals surface area contributed by atoms with Crippen LogP contribution >= 0.6 is 0 Å². The molecule has 0 aromatic carbocycles. The third kappa shape index (κ3) is 4.11. The molecule has 16 heavy (non-hydrogen) atoms. The van der Waals surface area contributed by atoms with Gasteiger partial charge in [-0.25, -0.2) is 0 Å². The van der Waals surface area contributed by atoms with E-state index in [1.165, 1.54) is 0 Å². The van der Waals surface area contributed by atoms with Crippen LogP contribution in [0, 0.1) is 0 Å². The van der Waals surface area contributed by atoms with E-state index < -0.39 is 12.0 Å². The molecule has 84 valence electrons. The van der Waals surface area contributed by atoms with Crippen molar-refractivity contribution in [2.24, 2.45) is 5.73 Å². The monoisotopic (exact) mass is 217 g/mol. The zero-order valence-electron chi connectivity index (χ0n) is 8.91. The Balaban J connectivity index is 2.93. The maximum atomic E-state index is 10.8. The maximum Gasteiger partial charge on any atom is 0.325 e. The fourth-order valence-corrected chi connectivity index (χ4v) is 1.20. The van der Waals surface area contributed by atoms with E-state index in [-0.39, 0.29) is 0 Å². The number of aliphatic carboxylic acids is 1. The second-order valence-electron chi connectivity index (χ2n) is 3.32. The van der Waals surface area contributed by atoms with Crippen LogP contribution in [0.1, 0.15) is 6.42 Å². The van der Waals surface area contributed by atoms with Gasteiger partial charge in [0.05, 0.1) is 0 Å². The topological polar surface area (TPSA) is 63.3 Å². The van der Waals surface area contributed by atoms with Gasteiger partial charge in [-0.1, -0.05) is 54.7 Å². The number of nitrogens with two attached hydrogens (primary N) is 1. The Morgan fingerprint density at radius 3 is 2.56 bits per heavy atom. The Hall–Kier alpha value is -1.87. The van der Waals surface area contributed by atoms with Crippen LogP contribution in [0.2, 0.25) is 0 Å². The van der Waals surface area contributed by atoms with Gasteiger partial charge in [-0.05, 0) is 12.0 Å². The molecule has 1 aliphatic rings. The molecule has 0 saturated heterocycles. The summed E-state index contributed by atoms with van der Waals surface area (Å²) in [5, 5.41) is 8.82. The van der Waals surface area contributed by atoms with E-state index in [1.807, 2.05) is 30.4 Å². The van der Waals surface area contributed by atoms with Crippen molar-refractivity contribution in [3.8, 4) is 0 Å². The first-order chi connectivity index (χ1) is 7.72. The summed E-state index contributed by atoms with van der Waals surface area (Å²) in [4.78, 5) is 10.8. The maximum absolute atomic E-state index is 10.8. The highest BCUT2D eigenvalue weighted by Gasteiger charge is 2.13. The molecule has 3 nitrogen and oxygen atoms in total. The molecular formula is C13H15NO2. The van der Waals surface area contributed by atoms with Crippen LogP contribution in [0.5, 0.6) is 0 Å². The predicted octanol–water partition coefficient (Wildman–Crippen LogP) is 1.95. The van der Waals surface area contributed by atoms with Gasteiger partial charge in [-0.15, -0.1) is 0 Å². The lowest BCUT2D eigenvalue weighted by Crippen LogP contribution is -2.31. The molecule has 0 radical (unpaired) electrons. The Labute approximate surface area is 95.0 Å². The van der Waals surface area contributed by atoms with Gasteiger partial charge >= 0.3 is 5.97 Å². The van der Waals surface area contributed by atoms with Crippen LogP contribution < -0.4 is 5.73 Å². The molecule has 0 aromatic rings. The van der Waals surface area contributed by atoms with Gasteiger partial charge in [0.15, 0.2) is 0 Å². The number of hydrogen-bond donors (Lipinski definition) is 2. The van der Waals surface area contributed by atoms with Gasteiger partial charge in [-0.3, -0.25) is 4.79 Å². The summed E-state index contributed by atoms with van der Waals surface area (Å²) < 4.78 is 0. The quantitative estimate of drug-likeness (QED) is 0.743. The van der Waals surface area contributed by atoms with Crippen molar-refractivity contribution in [3.05, 3.63) is 60.3 Å². The van der Waals surface area contributed by atoms with E-state index in [0.29, 0.717) is 5.57 Å². The highest BCUT2D eigenvalue weighted by atomic mass is 16.4. The van der Waals surface area contributed by atoms with Crippen molar-refractivity contribution in [1.29, 1.82) is 0 Å². The molecule has 3 heteroatoms. The Kier molecular flexibility index (Phi) is 5.02. The van der Waals surface area contributed by atoms with Crippen molar-refractivity contribution >= 4 is 5.97 Å². The Morgan fingerprint density at radius 2 is 1.88 bits per heavy atom. The first-order valence-electron chi connectivity index (χ1n) is 5.07. The van der Waals surface area contributed by atoms with Gasteiger partial charge in [-0.2, -0.15) is 0 Å². The highest BCUT2D eigenvalue weighted by molar-refractivity contribution is 5.78. The molecule has 0 spiro atoms. The second kappa shape index (κ2) is 6.58. The molecule has 3 N–H and O–H groups in total. The zero-order valence-corrected chi connectivity index (χ0v) is 8.91. The molecule has 0 aromatic heterocycles. The largest absolute Gasteiger partial charge is 0.480 e. The molecule has 0 saturated carbocycles. The van der Waals surface area contributed by atoms with E-state index in [4.69, 9.17) is 10.8 Å². The van der Waals surface area contributed by atoms with Crippen LogP contribution in [0.3, 0.4) is 0 Å². The van der Waals surface area contributed by atoms with Crippen LogP contribution in [0.4, 0.5) is 0 Å². The summed E-state index contributed by atoms with van der Waals surface area (Å²) in [6.45, 7) is 0. The van der Waals surface area contributed by atoms with Crippen LogP contribution in [-0.2, 0) is 4.79 Å². The SMILES string of the molecule is NC(C(=O)O)C1=C/C=C\C=C/C\C=C/C=C\1. The van der Waals surface area contributed by atoms with Gasteiger partial charge in [0.1, 0.15) is 6.04 Å². The molecule has 1 rings (SSSR count). The van der Waals surface area contributed by atoms with Gasteiger partial charge < -0.3 is 10.8 Å². The standard InChI is InChI=1S/C13H15NO2/c14-12(13(15)16)11-9-7-5-3-1-2-4-6-8-10-11/h1,3-10,12H,2,14H2,(H,15,16)/b3-1-,6-4-,7-5-,10-8-,11-9+. The van der Waals surface area contributed by atoms with Crippen LogP contribution in [-0.4, -0.2) is 17.1 Å². The number of carbonyl (C=O) groups is 1. The fourth-order valence-electron chi connectivity index (χ4n) is 1.20. The fraction of sp³-hybridized carbons (Fsp3) is 0.154. The van der Waals surface area contributed by atoms with Gasteiger partial charge in [0, 0.05) is 0 Å². The normalized spacial score (nSPS) is 28.9. The second-order valence-corrected chi connectivity index (χ2v) is 3.32. The van der Waals surface area contributed by atoms with Crippen molar-refractivity contribution in [3.63, 3.8) is 0 Å². The Bertz CT molecular complexity index is 387. The van der Waals surface area contributed by atoms with E-state index in [9.17, 15) is 4.79 Å². The first kappa shape index (κ1) is 12.2. The first-order valence-corrected chi connectivity index (χ1v) is 5.07. The molecule has 0 bridgehead atoms. The van der Waals surface area contributed by atoms with Gasteiger partial charge in [0.2, 0.25) is 0 Å². The smallest absolute Gasteiger partial charge is 0.325 e. The molecule has 0 heterocycles. The van der Waals surface area contributed by atoms with Crippen molar-refractivity contribution < 1.29 is 9.90 Å². The molecular weight excluding hydrogens is 202 g/mol. The van der Waals surface area contributed by atoms with E-state index in [0.717, 1.165) is 6.42 Å². The lowest BCUT2D eigenvalue weighted by atomic mass is 10.1. The van der Waals surface area contributed by atoms with Gasteiger partial charge in [0.25, 0.3) is 0 Å². The highest BCUT2D eigenvalue weighted by Crippen LogP contribution is 2.05. The minimum absolute atomic E-state index is 0.573. The van der Waals surface area contributed by atoms with E-state index in [1.54, 1.807) is 24.3 Å². The molecule has 1 unspecified atom stereocenters. The number of carboxylic acid groups (broad SMARTS) is 1. The summed E-state index contributed by atoms with van der Waals surface area (Å²) >= 11 is 0. The number of carboxylic acids is 1. The molecule has 1 aliphatic carbocycles. The average Bonchev–Trinajstić information content (AvgIpc) is 2.32. The van der Waals surface area contributed by atoms with Crippen molar-refractivity contribution in [2.45, 2.75) is 12.5 Å². The summed E-state index contributed by atoms with van der Waals surface area (Å²) in [6, 6.07) is -0.987. The summed E-state index contributed by atoms with van der Waals surface area (Å²) in [6.07, 6.45) is 17.5. The van der Waals surface area contributed by atoms with Crippen molar-refractivity contribution in [2.75, 3.05) is 0 Å². The number of allylic oxidation sites excluding steroid dienone is 8. The van der Waals surface area contributed by atoms with E-state index >= 15 is 0 Å². The molecule has 0 amide bonds. The van der Waals surface area contributed by atoms with Crippen molar-refractivity contribution in [1.82, 2.24) is 0 Å². The summed E-state index contributed by atoms with van der Waals surface area (Å²) in [5.74, 6) is -1.03. The average molecular weight is 217 g/mol. The summed E-state index contributed by atoms with van der Waals surface area (Å²) in [7, 11) is 0.